The molecule has 15 heteroatoms. The predicted octanol–water partition coefficient (Wildman–Crippen LogP) is 2.07. The minimum atomic E-state index is -1.00. The molecule has 3 atom stereocenters. The molecule has 0 aliphatic carbocycles. The fraction of sp³-hybridized carbons (Fsp3) is 0.405. The molecule has 0 saturated carbocycles. The van der Waals surface area contributed by atoms with Crippen LogP contribution < -0.4 is 21.3 Å². The largest absolute Gasteiger partial charge is 0.354 e. The van der Waals surface area contributed by atoms with E-state index in [9.17, 15) is 24.0 Å². The van der Waals surface area contributed by atoms with E-state index >= 15 is 0 Å². The summed E-state index contributed by atoms with van der Waals surface area (Å²) in [6.45, 7) is 7.45. The Morgan fingerprint density at radius 1 is 0.885 bits per heavy atom. The van der Waals surface area contributed by atoms with Crippen molar-refractivity contribution >= 4 is 29.5 Å². The normalized spacial score (nSPS) is 19.7. The van der Waals surface area contributed by atoms with Gasteiger partial charge in [-0.3, -0.25) is 28.7 Å². The van der Waals surface area contributed by atoms with Gasteiger partial charge in [0.05, 0.1) is 19.1 Å². The maximum Gasteiger partial charge on any atom is 0.254 e. The van der Waals surface area contributed by atoms with Gasteiger partial charge in [-0.2, -0.15) is 10.2 Å². The van der Waals surface area contributed by atoms with Crippen LogP contribution in [0.25, 0.3) is 11.4 Å². The van der Waals surface area contributed by atoms with E-state index in [1.54, 1.807) is 36.0 Å². The number of amides is 5. The summed E-state index contributed by atoms with van der Waals surface area (Å²) in [5.74, 6) is -1.46. The highest BCUT2D eigenvalue weighted by atomic mass is 16.2. The Labute approximate surface area is 302 Å². The standard InChI is InChI=1S/C37H46N10O5/c1-24(2)19-30-36(51)41-25(3)34-43-33(28-12-6-5-7-13-28)44-47(34)23-31(48)38-15-9-17-45(22-32(49)40-26(4)35(50)42-30)37(52)29-14-8-11-27(20-29)21-46-18-10-16-39-46/h5-8,10-14,16,18,20,24-26,30H,9,15,17,19,21-23H2,1-4H3,(H,38,48)(H,40,49)(H,41,51)(H,42,50)/t25-,26+,30+/m0/s1. The van der Waals surface area contributed by atoms with Crippen molar-refractivity contribution < 1.29 is 24.0 Å². The van der Waals surface area contributed by atoms with Gasteiger partial charge in [0, 0.05) is 36.6 Å². The van der Waals surface area contributed by atoms with Crippen LogP contribution in [-0.4, -0.2) is 90.7 Å². The lowest BCUT2D eigenvalue weighted by Gasteiger charge is -2.25. The molecule has 5 rings (SSSR count). The number of nitrogens with one attached hydrogen (secondary N) is 4. The number of nitrogens with zero attached hydrogens (tertiary/aromatic N) is 6. The van der Waals surface area contributed by atoms with Gasteiger partial charge in [-0.25, -0.2) is 9.67 Å². The fourth-order valence-electron chi connectivity index (χ4n) is 5.91. The molecule has 5 amide bonds. The first kappa shape index (κ1) is 37.4. The van der Waals surface area contributed by atoms with Crippen molar-refractivity contribution in [3.8, 4) is 11.4 Å². The number of carbonyl (C=O) groups is 5. The molecular weight excluding hydrogens is 664 g/mol. The van der Waals surface area contributed by atoms with Crippen molar-refractivity contribution in [1.82, 2.24) is 50.7 Å². The van der Waals surface area contributed by atoms with Crippen molar-refractivity contribution in [2.75, 3.05) is 19.6 Å². The summed E-state index contributed by atoms with van der Waals surface area (Å²) in [6.07, 6.45) is 4.17. The lowest BCUT2D eigenvalue weighted by atomic mass is 10.0. The zero-order valence-electron chi connectivity index (χ0n) is 29.9. The average Bonchev–Trinajstić information content (AvgIpc) is 3.79. The van der Waals surface area contributed by atoms with Gasteiger partial charge >= 0.3 is 0 Å². The number of benzene rings is 2. The molecule has 3 heterocycles. The summed E-state index contributed by atoms with van der Waals surface area (Å²) in [7, 11) is 0. The van der Waals surface area contributed by atoms with E-state index in [2.05, 4.69) is 31.5 Å². The fourth-order valence-corrected chi connectivity index (χ4v) is 5.91. The second-order valence-corrected chi connectivity index (χ2v) is 13.4. The van der Waals surface area contributed by atoms with E-state index in [0.29, 0.717) is 36.6 Å². The molecule has 2 aromatic carbocycles. The number of rotatable bonds is 6. The molecule has 0 bridgehead atoms. The Morgan fingerprint density at radius 2 is 1.67 bits per heavy atom. The van der Waals surface area contributed by atoms with Gasteiger partial charge in [0.15, 0.2) is 5.82 Å². The Balaban J connectivity index is 1.40. The quantitative estimate of drug-likeness (QED) is 0.234. The molecule has 4 aromatic rings. The van der Waals surface area contributed by atoms with Gasteiger partial charge in [0.1, 0.15) is 24.5 Å². The van der Waals surface area contributed by atoms with E-state index in [1.165, 1.54) is 16.5 Å². The van der Waals surface area contributed by atoms with Crippen molar-refractivity contribution in [3.63, 3.8) is 0 Å². The van der Waals surface area contributed by atoms with Gasteiger partial charge in [0.2, 0.25) is 23.6 Å². The van der Waals surface area contributed by atoms with E-state index in [1.807, 2.05) is 62.5 Å². The van der Waals surface area contributed by atoms with Crippen LogP contribution in [0.15, 0.2) is 73.1 Å². The van der Waals surface area contributed by atoms with Gasteiger partial charge < -0.3 is 26.2 Å². The van der Waals surface area contributed by atoms with Crippen LogP contribution >= 0.6 is 0 Å². The summed E-state index contributed by atoms with van der Waals surface area (Å²) < 4.78 is 3.20. The van der Waals surface area contributed by atoms with Gasteiger partial charge in [0.25, 0.3) is 5.91 Å². The number of carbonyl (C=O) groups excluding carboxylic acids is 5. The first-order valence-corrected chi connectivity index (χ1v) is 17.5. The van der Waals surface area contributed by atoms with Crippen molar-refractivity contribution in [2.24, 2.45) is 5.92 Å². The second kappa shape index (κ2) is 17.4. The molecule has 0 spiro atoms. The third-order valence-corrected chi connectivity index (χ3v) is 8.51. The first-order chi connectivity index (χ1) is 25.0. The third kappa shape index (κ3) is 10.1. The minimum Gasteiger partial charge on any atom is -0.354 e. The third-order valence-electron chi connectivity index (χ3n) is 8.51. The highest BCUT2D eigenvalue weighted by Crippen LogP contribution is 2.20. The summed E-state index contributed by atoms with van der Waals surface area (Å²) in [6, 6.07) is 15.6. The summed E-state index contributed by atoms with van der Waals surface area (Å²) in [5, 5.41) is 20.1. The molecule has 0 saturated heterocycles. The number of hydrogen-bond donors (Lipinski definition) is 4. The van der Waals surface area contributed by atoms with Crippen molar-refractivity contribution in [2.45, 2.75) is 71.8 Å². The average molecular weight is 711 g/mol. The van der Waals surface area contributed by atoms with Crippen LogP contribution in [0.2, 0.25) is 0 Å². The van der Waals surface area contributed by atoms with Crippen LogP contribution in [0.1, 0.15) is 68.3 Å². The zero-order valence-corrected chi connectivity index (χ0v) is 29.9. The van der Waals surface area contributed by atoms with Gasteiger partial charge in [-0.15, -0.1) is 0 Å². The molecule has 1 aliphatic rings. The summed E-state index contributed by atoms with van der Waals surface area (Å²) in [4.78, 5) is 73.4. The van der Waals surface area contributed by atoms with Gasteiger partial charge in [-0.1, -0.05) is 56.3 Å². The van der Waals surface area contributed by atoms with Crippen LogP contribution in [0.5, 0.6) is 0 Å². The van der Waals surface area contributed by atoms with E-state index in [0.717, 1.165) is 11.1 Å². The molecule has 52 heavy (non-hydrogen) atoms. The molecule has 0 unspecified atom stereocenters. The Hall–Kier alpha value is -5.86. The molecule has 15 nitrogen and oxygen atoms in total. The SMILES string of the molecule is CC(C)C[C@H]1NC(=O)[C@@H](C)NC(=O)CN(C(=O)c2cccc(Cn3cccn3)c2)CCCNC(=O)Cn2nc(-c3ccccc3)nc2[C@H](C)NC1=O. The van der Waals surface area contributed by atoms with E-state index in [-0.39, 0.29) is 43.9 Å². The van der Waals surface area contributed by atoms with Crippen LogP contribution in [0.3, 0.4) is 0 Å². The number of aromatic nitrogens is 5. The summed E-state index contributed by atoms with van der Waals surface area (Å²) >= 11 is 0. The maximum atomic E-state index is 13.8. The molecular formula is C37H46N10O5. The molecule has 274 valence electrons. The Bertz CT molecular complexity index is 1860. The topological polar surface area (TPSA) is 185 Å². The lowest BCUT2D eigenvalue weighted by Crippen LogP contribution is -2.54. The van der Waals surface area contributed by atoms with Crippen LogP contribution in [0.4, 0.5) is 0 Å². The zero-order chi connectivity index (χ0) is 37.2. The van der Waals surface area contributed by atoms with Crippen molar-refractivity contribution in [3.05, 3.63) is 90.0 Å². The molecule has 4 N–H and O–H groups in total. The minimum absolute atomic E-state index is 0.0486. The molecule has 2 aromatic heterocycles. The Kier molecular flexibility index (Phi) is 12.5. The summed E-state index contributed by atoms with van der Waals surface area (Å²) in [5.41, 5.74) is 1.98. The van der Waals surface area contributed by atoms with Crippen LogP contribution in [-0.2, 0) is 32.3 Å². The molecule has 0 radical (unpaired) electrons. The maximum absolute atomic E-state index is 13.8. The second-order valence-electron chi connectivity index (χ2n) is 13.4. The van der Waals surface area contributed by atoms with E-state index < -0.39 is 35.8 Å². The van der Waals surface area contributed by atoms with E-state index in [4.69, 9.17) is 4.98 Å². The predicted molar refractivity (Wildman–Crippen MR) is 192 cm³/mol. The monoisotopic (exact) mass is 710 g/mol. The first-order valence-electron chi connectivity index (χ1n) is 17.5. The lowest BCUT2D eigenvalue weighted by molar-refractivity contribution is -0.132. The highest BCUT2D eigenvalue weighted by molar-refractivity contribution is 5.97. The van der Waals surface area contributed by atoms with Crippen molar-refractivity contribution in [1.29, 1.82) is 0 Å². The number of fused-ring (bicyclic) bond motifs is 1. The number of hydrogen-bond acceptors (Lipinski definition) is 8. The van der Waals surface area contributed by atoms with Gasteiger partial charge in [-0.05, 0) is 56.4 Å². The molecule has 0 fully saturated rings. The smallest absolute Gasteiger partial charge is 0.254 e. The highest BCUT2D eigenvalue weighted by Gasteiger charge is 2.29. The van der Waals surface area contributed by atoms with Crippen LogP contribution in [0, 0.1) is 5.92 Å². The molecule has 1 aliphatic heterocycles. The Morgan fingerprint density at radius 3 is 2.40 bits per heavy atom.